The lowest BCUT2D eigenvalue weighted by Crippen LogP contribution is -1.88. The first-order valence-corrected chi connectivity index (χ1v) is 22.4. The Morgan fingerprint density at radius 1 is 0.317 bits per heavy atom. The molecule has 4 aromatic heterocycles. The van der Waals surface area contributed by atoms with Gasteiger partial charge in [-0.3, -0.25) is 0 Å². The van der Waals surface area contributed by atoms with Gasteiger partial charge in [-0.15, -0.1) is 11.3 Å². The van der Waals surface area contributed by atoms with Gasteiger partial charge in [0.25, 0.3) is 0 Å². The van der Waals surface area contributed by atoms with E-state index in [1.807, 2.05) is 17.4 Å². The number of fused-ring (bicyclic) bond motifs is 10. The third-order valence-corrected chi connectivity index (χ3v) is 14.5. The monoisotopic (exact) mass is 817 g/mol. The largest absolute Gasteiger partial charge is 0.455 e. The van der Waals surface area contributed by atoms with E-state index in [0.29, 0.717) is 0 Å². The number of para-hydroxylation sites is 3. The van der Waals surface area contributed by atoms with E-state index in [1.54, 1.807) is 0 Å². The van der Waals surface area contributed by atoms with E-state index in [4.69, 9.17) is 4.42 Å². The summed E-state index contributed by atoms with van der Waals surface area (Å²) in [7, 11) is 0. The van der Waals surface area contributed by atoms with Gasteiger partial charge >= 0.3 is 0 Å². The summed E-state index contributed by atoms with van der Waals surface area (Å²) in [5.74, 6) is 0. The number of thiophene rings is 1. The van der Waals surface area contributed by atoms with Crippen molar-refractivity contribution in [3.63, 3.8) is 0 Å². The standard InChI is InChI=1S/C60H35NOS/c1-2-12-36(13-3-1)37-26-28-38(29-27-37)40-32-41(34-42(33-40)43-17-8-21-50-46-16-6-7-23-54(46)62-60(43)50)39-30-31-52-51(35-39)49-20-9-19-48-45-15-5-4-14-44(45)47-18-10-24-55-57(47)58-53(61(52)59(48)49)22-11-25-56(58)63-55/h1-35H. The number of aromatic nitrogens is 1. The zero-order valence-electron chi connectivity index (χ0n) is 34.0. The minimum absolute atomic E-state index is 0.902. The Balaban J connectivity index is 1.06. The summed E-state index contributed by atoms with van der Waals surface area (Å²) < 4.78 is 11.8. The Morgan fingerprint density at radius 3 is 1.70 bits per heavy atom. The summed E-state index contributed by atoms with van der Waals surface area (Å²) in [6, 6.07) is 78.1. The number of hydrogen-bond acceptors (Lipinski definition) is 2. The number of hydrogen-bond donors (Lipinski definition) is 0. The predicted octanol–water partition coefficient (Wildman–Crippen LogP) is 17.5. The van der Waals surface area contributed by atoms with E-state index < -0.39 is 0 Å². The Bertz CT molecular complexity index is 4190. The van der Waals surface area contributed by atoms with Crippen LogP contribution in [-0.2, 0) is 0 Å². The predicted molar refractivity (Wildman–Crippen MR) is 269 cm³/mol. The van der Waals surface area contributed by atoms with Crippen molar-refractivity contribution in [2.24, 2.45) is 0 Å². The Morgan fingerprint density at radius 2 is 0.873 bits per heavy atom. The second kappa shape index (κ2) is 13.3. The van der Waals surface area contributed by atoms with Gasteiger partial charge in [0.1, 0.15) is 11.2 Å². The molecule has 0 amide bonds. The molecule has 14 rings (SSSR count). The summed E-state index contributed by atoms with van der Waals surface area (Å²) in [5, 5.41) is 12.4. The van der Waals surface area contributed by atoms with Gasteiger partial charge in [0.2, 0.25) is 0 Å². The van der Waals surface area contributed by atoms with E-state index in [-0.39, 0.29) is 0 Å². The first-order chi connectivity index (χ1) is 31.2. The molecule has 292 valence electrons. The van der Waals surface area contributed by atoms with E-state index in [2.05, 4.69) is 211 Å². The van der Waals surface area contributed by atoms with Gasteiger partial charge in [0.05, 0.1) is 16.6 Å². The zero-order valence-corrected chi connectivity index (χ0v) is 34.8. The van der Waals surface area contributed by atoms with Crippen LogP contribution in [-0.4, -0.2) is 4.40 Å². The molecule has 0 bridgehead atoms. The van der Waals surface area contributed by atoms with Crippen LogP contribution in [0.4, 0.5) is 0 Å². The molecule has 0 aliphatic rings. The van der Waals surface area contributed by atoms with Crippen LogP contribution < -0.4 is 0 Å². The molecule has 0 unspecified atom stereocenters. The van der Waals surface area contributed by atoms with Crippen LogP contribution in [0.15, 0.2) is 217 Å². The maximum Gasteiger partial charge on any atom is 0.143 e. The van der Waals surface area contributed by atoms with Crippen LogP contribution in [0.1, 0.15) is 0 Å². The molecule has 2 nitrogen and oxygen atoms in total. The molecule has 0 aliphatic carbocycles. The molecule has 0 fully saturated rings. The van der Waals surface area contributed by atoms with Crippen molar-refractivity contribution >= 4 is 102 Å². The van der Waals surface area contributed by atoms with Crippen molar-refractivity contribution in [3.8, 4) is 44.5 Å². The molecule has 0 saturated carbocycles. The van der Waals surface area contributed by atoms with Crippen molar-refractivity contribution in [3.05, 3.63) is 212 Å². The summed E-state index contributed by atoms with van der Waals surface area (Å²) in [5.41, 5.74) is 14.7. The van der Waals surface area contributed by atoms with Crippen molar-refractivity contribution in [2.45, 2.75) is 0 Å². The van der Waals surface area contributed by atoms with Crippen molar-refractivity contribution in [1.29, 1.82) is 0 Å². The highest BCUT2D eigenvalue weighted by Gasteiger charge is 2.20. The minimum Gasteiger partial charge on any atom is -0.455 e. The molecule has 10 aromatic carbocycles. The fourth-order valence-corrected chi connectivity index (χ4v) is 11.7. The molecule has 0 N–H and O–H groups in total. The summed E-state index contributed by atoms with van der Waals surface area (Å²) in [6.07, 6.45) is 0. The van der Waals surface area contributed by atoms with Gasteiger partial charge in [-0.25, -0.2) is 0 Å². The molecule has 4 heterocycles. The van der Waals surface area contributed by atoms with Crippen LogP contribution in [0, 0.1) is 0 Å². The molecule has 0 radical (unpaired) electrons. The van der Waals surface area contributed by atoms with Crippen LogP contribution >= 0.6 is 11.3 Å². The molecule has 14 aromatic rings. The van der Waals surface area contributed by atoms with E-state index >= 15 is 0 Å². The normalized spacial score (nSPS) is 12.1. The average Bonchev–Trinajstić information content (AvgIpc) is 4.04. The smallest absolute Gasteiger partial charge is 0.143 e. The van der Waals surface area contributed by atoms with Gasteiger partial charge in [-0.2, -0.15) is 0 Å². The van der Waals surface area contributed by atoms with Gasteiger partial charge in [-0.1, -0.05) is 158 Å². The maximum absolute atomic E-state index is 6.64. The highest BCUT2D eigenvalue weighted by molar-refractivity contribution is 7.26. The van der Waals surface area contributed by atoms with E-state index in [0.717, 1.165) is 44.2 Å². The first kappa shape index (κ1) is 34.7. The molecule has 0 saturated heterocycles. The number of nitrogens with zero attached hydrogens (tertiary/aromatic N) is 1. The highest BCUT2D eigenvalue weighted by Crippen LogP contribution is 2.46. The molecule has 3 heteroatoms. The fourth-order valence-electron chi connectivity index (χ4n) is 10.5. The summed E-state index contributed by atoms with van der Waals surface area (Å²) in [6.45, 7) is 0. The molecule has 0 aliphatic heterocycles. The van der Waals surface area contributed by atoms with Crippen molar-refractivity contribution in [2.75, 3.05) is 0 Å². The Kier molecular flexibility index (Phi) is 7.30. The highest BCUT2D eigenvalue weighted by atomic mass is 32.1. The van der Waals surface area contributed by atoms with Crippen molar-refractivity contribution < 1.29 is 4.42 Å². The molecular weight excluding hydrogens is 783 g/mol. The van der Waals surface area contributed by atoms with E-state index in [9.17, 15) is 0 Å². The van der Waals surface area contributed by atoms with Gasteiger partial charge in [-0.05, 0) is 110 Å². The molecule has 63 heavy (non-hydrogen) atoms. The SMILES string of the molecule is c1ccc(-c2ccc(-c3cc(-c4ccc5c(c4)c4cccc6c7ccccc7c7cccc8sc9cccc(c9c87)n5c64)cc(-c4cccc5c4oc4ccccc45)c3)cc2)cc1. The zero-order chi connectivity index (χ0) is 41.2. The summed E-state index contributed by atoms with van der Waals surface area (Å²) >= 11 is 1.89. The topological polar surface area (TPSA) is 17.6 Å². The summed E-state index contributed by atoms with van der Waals surface area (Å²) in [4.78, 5) is 0. The quantitative estimate of drug-likeness (QED) is 0.173. The third kappa shape index (κ3) is 5.12. The maximum atomic E-state index is 6.64. The lowest BCUT2D eigenvalue weighted by molar-refractivity contribution is 0.670. The second-order valence-electron chi connectivity index (χ2n) is 16.8. The third-order valence-electron chi connectivity index (χ3n) is 13.3. The van der Waals surface area contributed by atoms with Crippen LogP contribution in [0.5, 0.6) is 0 Å². The van der Waals surface area contributed by atoms with Crippen LogP contribution in [0.3, 0.4) is 0 Å². The fraction of sp³-hybridized carbons (Fsp3) is 0. The van der Waals surface area contributed by atoms with Crippen LogP contribution in [0.25, 0.3) is 135 Å². The second-order valence-corrected chi connectivity index (χ2v) is 17.9. The number of rotatable bonds is 4. The van der Waals surface area contributed by atoms with Gasteiger partial charge < -0.3 is 8.82 Å². The van der Waals surface area contributed by atoms with Gasteiger partial charge in [0, 0.05) is 52.7 Å². The minimum atomic E-state index is 0.902. The number of benzene rings is 10. The van der Waals surface area contributed by atoms with E-state index in [1.165, 1.54) is 91.3 Å². The molecule has 0 atom stereocenters. The number of furan rings is 1. The molecular formula is C60H35NOS. The van der Waals surface area contributed by atoms with Crippen LogP contribution in [0.2, 0.25) is 0 Å². The molecule has 0 spiro atoms. The van der Waals surface area contributed by atoms with Gasteiger partial charge in [0.15, 0.2) is 0 Å². The first-order valence-electron chi connectivity index (χ1n) is 21.6. The Hall–Kier alpha value is -7.98. The lowest BCUT2D eigenvalue weighted by Gasteiger charge is -2.13. The lowest BCUT2D eigenvalue weighted by atomic mass is 9.91. The average molecular weight is 818 g/mol. The Labute approximate surface area is 366 Å². The van der Waals surface area contributed by atoms with Crippen molar-refractivity contribution in [1.82, 2.24) is 4.40 Å².